The first-order valence-corrected chi connectivity index (χ1v) is 13.0. The smallest absolute Gasteiger partial charge is 0.438 e. The van der Waals surface area contributed by atoms with Crippen molar-refractivity contribution in [1.29, 1.82) is 0 Å². The summed E-state index contributed by atoms with van der Waals surface area (Å²) in [7, 11) is -0.229. The number of fused-ring (bicyclic) bond motifs is 1. The van der Waals surface area contributed by atoms with Crippen molar-refractivity contribution in [2.45, 2.75) is 47.8 Å². The maximum Gasteiger partial charge on any atom is 0.482 e. The number of benzene rings is 1. The molecule has 0 aliphatic rings. The van der Waals surface area contributed by atoms with Crippen LogP contribution in [0.3, 0.4) is 0 Å². The molecule has 0 unspecified atom stereocenters. The van der Waals surface area contributed by atoms with Gasteiger partial charge in [-0.3, -0.25) is 14.1 Å². The molecule has 2 rings (SSSR count). The van der Waals surface area contributed by atoms with Crippen LogP contribution >= 0.6 is 7.82 Å². The average Bonchev–Trinajstić information content (AvgIpc) is 3.12. The molecule has 0 saturated heterocycles. The predicted molar refractivity (Wildman–Crippen MR) is 131 cm³/mol. The number of carbonyl (C=O) groups is 2. The van der Waals surface area contributed by atoms with E-state index in [1.807, 2.05) is 39.3 Å². The van der Waals surface area contributed by atoms with Crippen LogP contribution in [0.5, 0.6) is 0 Å². The second kappa shape index (κ2) is 13.2. The van der Waals surface area contributed by atoms with Gasteiger partial charge in [-0.2, -0.15) is 0 Å². The van der Waals surface area contributed by atoms with Crippen molar-refractivity contribution in [3.8, 4) is 0 Å². The van der Waals surface area contributed by atoms with Crippen LogP contribution in [0.25, 0.3) is 10.9 Å². The molecule has 0 atom stereocenters. The van der Waals surface area contributed by atoms with Crippen molar-refractivity contribution in [2.75, 3.05) is 34.2 Å². The molecule has 0 saturated carbocycles. The number of phosphoric acid groups is 1. The molecule has 0 amide bonds. The van der Waals surface area contributed by atoms with Crippen molar-refractivity contribution in [1.82, 2.24) is 9.47 Å². The highest BCUT2D eigenvalue weighted by atomic mass is 31.2. The number of esters is 2. The Labute approximate surface area is 207 Å². The van der Waals surface area contributed by atoms with Crippen LogP contribution in [0.2, 0.25) is 0 Å². The number of rotatable bonds is 14. The molecule has 0 N–H and O–H groups in total. The van der Waals surface area contributed by atoms with E-state index in [-0.39, 0.29) is 18.6 Å². The van der Waals surface area contributed by atoms with Gasteiger partial charge in [-0.15, -0.1) is 0 Å². The Hall–Kier alpha value is -2.23. The van der Waals surface area contributed by atoms with Crippen LogP contribution in [0.4, 0.5) is 0 Å². The number of likely N-dealkylation sites (N-methyl/N-ethyl adjacent to an activating group) is 1. The van der Waals surface area contributed by atoms with E-state index < -0.39 is 33.3 Å². The monoisotopic (exact) mass is 512 g/mol. The quantitative estimate of drug-likeness (QED) is 0.206. The highest BCUT2D eigenvalue weighted by Crippen LogP contribution is 2.50. The third kappa shape index (κ3) is 9.05. The first-order valence-electron chi connectivity index (χ1n) is 11.5. The number of nitrogens with zero attached hydrogens (tertiary/aromatic N) is 2. The number of ether oxygens (including phenoxy) is 2. The number of aryl methyl sites for hydroxylation is 1. The second-order valence-electron chi connectivity index (χ2n) is 9.13. The largest absolute Gasteiger partial charge is 0.482 e. The fraction of sp³-hybridized carbons (Fsp3) is 0.583. The summed E-state index contributed by atoms with van der Waals surface area (Å²) in [5.41, 5.74) is 3.14. The van der Waals surface area contributed by atoms with Gasteiger partial charge in [0.15, 0.2) is 0 Å². The molecule has 1 aromatic heterocycles. The number of aromatic nitrogens is 1. The number of phosphoric ester groups is 1. The van der Waals surface area contributed by atoms with E-state index in [1.54, 1.807) is 32.3 Å². The van der Waals surface area contributed by atoms with E-state index in [1.165, 1.54) is 0 Å². The van der Waals surface area contributed by atoms with Crippen LogP contribution in [0.1, 0.15) is 38.8 Å². The zero-order valence-electron chi connectivity index (χ0n) is 21.6. The third-order valence-electron chi connectivity index (χ3n) is 5.07. The number of hydrogen-bond acceptors (Lipinski definition) is 9. The molecule has 0 aliphatic heterocycles. The van der Waals surface area contributed by atoms with Crippen LogP contribution < -0.4 is 0 Å². The van der Waals surface area contributed by atoms with Gasteiger partial charge in [-0.05, 0) is 45.1 Å². The lowest BCUT2D eigenvalue weighted by molar-refractivity contribution is -0.157. The Morgan fingerprint density at radius 3 is 2.06 bits per heavy atom. The van der Waals surface area contributed by atoms with E-state index in [0.29, 0.717) is 0 Å². The zero-order chi connectivity index (χ0) is 26.2. The molecule has 0 radical (unpaired) electrons. The van der Waals surface area contributed by atoms with Gasteiger partial charge in [0.1, 0.15) is 6.73 Å². The minimum atomic E-state index is -4.25. The summed E-state index contributed by atoms with van der Waals surface area (Å²) in [5, 5.41) is 1.07. The first-order chi connectivity index (χ1) is 16.4. The van der Waals surface area contributed by atoms with Crippen LogP contribution in [-0.2, 0) is 50.4 Å². The Morgan fingerprint density at radius 2 is 1.54 bits per heavy atom. The van der Waals surface area contributed by atoms with Gasteiger partial charge in [0.2, 0.25) is 13.6 Å². The van der Waals surface area contributed by atoms with E-state index in [4.69, 9.17) is 23.0 Å². The molecule has 0 spiro atoms. The SMILES string of the molecule is Cc1ccc2c(c1)c(CCN(C)C)cn2COP(=O)(OCOC(=O)C(C)C)OCOC(=O)C(C)C. The first kappa shape index (κ1) is 29.0. The fourth-order valence-electron chi connectivity index (χ4n) is 3.01. The van der Waals surface area contributed by atoms with Gasteiger partial charge in [-0.25, -0.2) is 13.6 Å². The van der Waals surface area contributed by atoms with Gasteiger partial charge in [0.25, 0.3) is 0 Å². The minimum absolute atomic E-state index is 0.158. The molecule has 10 nitrogen and oxygen atoms in total. The molecular formula is C24H37N2O8P. The Bertz CT molecular complexity index is 1020. The molecule has 35 heavy (non-hydrogen) atoms. The summed E-state index contributed by atoms with van der Waals surface area (Å²) in [4.78, 5) is 25.5. The second-order valence-corrected chi connectivity index (χ2v) is 10.8. The van der Waals surface area contributed by atoms with E-state index in [0.717, 1.165) is 35.0 Å². The summed E-state index contributed by atoms with van der Waals surface area (Å²) in [5.74, 6) is -1.83. The summed E-state index contributed by atoms with van der Waals surface area (Å²) >= 11 is 0. The molecule has 2 aromatic rings. The topological polar surface area (TPSA) is 106 Å². The fourth-order valence-corrected chi connectivity index (χ4v) is 3.86. The van der Waals surface area contributed by atoms with E-state index in [2.05, 4.69) is 11.0 Å². The normalized spacial score (nSPS) is 12.2. The lowest BCUT2D eigenvalue weighted by Crippen LogP contribution is -2.16. The molecule has 1 heterocycles. The summed E-state index contributed by atoms with van der Waals surface area (Å²) in [6, 6.07) is 6.05. The Kier molecular flexibility index (Phi) is 10.9. The van der Waals surface area contributed by atoms with Crippen molar-refractivity contribution in [3.05, 3.63) is 35.5 Å². The molecule has 11 heteroatoms. The summed E-state index contributed by atoms with van der Waals surface area (Å²) in [6.07, 6.45) is 2.76. The van der Waals surface area contributed by atoms with Gasteiger partial charge < -0.3 is 18.9 Å². The van der Waals surface area contributed by atoms with Gasteiger partial charge in [0, 0.05) is 18.1 Å². The van der Waals surface area contributed by atoms with Gasteiger partial charge in [-0.1, -0.05) is 39.3 Å². The molecule has 196 valence electrons. The Morgan fingerprint density at radius 1 is 0.971 bits per heavy atom. The molecule has 1 aromatic carbocycles. The maximum absolute atomic E-state index is 13.2. The minimum Gasteiger partial charge on any atom is -0.438 e. The highest BCUT2D eigenvalue weighted by Gasteiger charge is 2.29. The molecule has 0 bridgehead atoms. The molecule has 0 aliphatic carbocycles. The van der Waals surface area contributed by atoms with Crippen LogP contribution in [0, 0.1) is 18.8 Å². The lowest BCUT2D eigenvalue weighted by atomic mass is 10.1. The van der Waals surface area contributed by atoms with Crippen molar-refractivity contribution >= 4 is 30.7 Å². The number of hydrogen-bond donors (Lipinski definition) is 0. The average molecular weight is 513 g/mol. The Balaban J connectivity index is 2.18. The third-order valence-corrected chi connectivity index (χ3v) is 6.34. The lowest BCUT2D eigenvalue weighted by Gasteiger charge is -2.19. The van der Waals surface area contributed by atoms with Crippen molar-refractivity contribution in [2.24, 2.45) is 11.8 Å². The van der Waals surface area contributed by atoms with Crippen molar-refractivity contribution < 1.29 is 37.2 Å². The van der Waals surface area contributed by atoms with Gasteiger partial charge in [0.05, 0.1) is 17.4 Å². The van der Waals surface area contributed by atoms with E-state index >= 15 is 0 Å². The standard InChI is InChI=1S/C24H37N2O8P/c1-17(2)23(27)30-15-33-35(29,34-16-31-24(28)18(3)4)32-14-26-13-20(10-11-25(6)7)21-12-19(5)8-9-22(21)26/h8-9,12-13,17-18H,10-11,14-16H2,1-7H3. The van der Waals surface area contributed by atoms with Crippen molar-refractivity contribution in [3.63, 3.8) is 0 Å². The highest BCUT2D eigenvalue weighted by molar-refractivity contribution is 7.48. The maximum atomic E-state index is 13.2. The molecular weight excluding hydrogens is 475 g/mol. The van der Waals surface area contributed by atoms with Gasteiger partial charge >= 0.3 is 19.8 Å². The van der Waals surface area contributed by atoms with E-state index in [9.17, 15) is 14.2 Å². The van der Waals surface area contributed by atoms with Crippen LogP contribution in [0.15, 0.2) is 24.4 Å². The summed E-state index contributed by atoms with van der Waals surface area (Å²) in [6.45, 7) is 8.10. The number of carbonyl (C=O) groups excluding carboxylic acids is 2. The predicted octanol–water partition coefficient (Wildman–Crippen LogP) is 4.48. The summed E-state index contributed by atoms with van der Waals surface area (Å²) < 4.78 is 40.9. The van der Waals surface area contributed by atoms with Crippen LogP contribution in [-0.4, -0.2) is 55.6 Å². The zero-order valence-corrected chi connectivity index (χ0v) is 22.5. The molecule has 0 fully saturated rings.